The smallest absolute Gasteiger partial charge is 0.345 e. The quantitative estimate of drug-likeness (QED) is 0.690. The maximum absolute atomic E-state index is 11.9. The number of thioether (sulfide) groups is 1. The van der Waals surface area contributed by atoms with Gasteiger partial charge in [-0.15, -0.1) is 0 Å². The Morgan fingerprint density at radius 2 is 1.87 bits per heavy atom. The summed E-state index contributed by atoms with van der Waals surface area (Å²) in [6.07, 6.45) is -1.22. The highest BCUT2D eigenvalue weighted by molar-refractivity contribution is 8.13. The maximum atomic E-state index is 11.9. The Kier molecular flexibility index (Phi) is 8.18. The molecule has 0 saturated heterocycles. The molecule has 1 unspecified atom stereocenters. The minimum absolute atomic E-state index is 0.0442. The molecule has 1 N–H and O–H groups in total. The molecule has 23 heavy (non-hydrogen) atoms. The Morgan fingerprint density at radius 1 is 1.22 bits per heavy atom. The lowest BCUT2D eigenvalue weighted by atomic mass is 10.2. The zero-order chi connectivity index (χ0) is 17.2. The predicted molar refractivity (Wildman–Crippen MR) is 86.4 cm³/mol. The summed E-state index contributed by atoms with van der Waals surface area (Å²) in [4.78, 5) is 33.9. The van der Waals surface area contributed by atoms with Crippen LogP contribution in [0.1, 0.15) is 20.3 Å². The summed E-state index contributed by atoms with van der Waals surface area (Å²) >= 11 is 1.01. The van der Waals surface area contributed by atoms with Crippen molar-refractivity contribution in [1.29, 1.82) is 0 Å². The van der Waals surface area contributed by atoms with E-state index in [-0.39, 0.29) is 23.9 Å². The second kappa shape index (κ2) is 9.89. The molecule has 1 aromatic rings. The van der Waals surface area contributed by atoms with Gasteiger partial charge < -0.3 is 14.6 Å². The van der Waals surface area contributed by atoms with Crippen LogP contribution in [-0.4, -0.2) is 40.6 Å². The summed E-state index contributed by atoms with van der Waals surface area (Å²) in [5, 5.41) is 9.03. The molecule has 1 rings (SSSR count). The zero-order valence-electron chi connectivity index (χ0n) is 13.1. The van der Waals surface area contributed by atoms with Crippen LogP contribution in [0.25, 0.3) is 0 Å². The van der Waals surface area contributed by atoms with E-state index in [4.69, 9.17) is 14.6 Å². The van der Waals surface area contributed by atoms with Gasteiger partial charge in [0.2, 0.25) is 6.10 Å². The molecule has 0 saturated carbocycles. The van der Waals surface area contributed by atoms with Gasteiger partial charge in [-0.05, 0) is 12.1 Å². The first-order valence-corrected chi connectivity index (χ1v) is 8.13. The molecule has 126 valence electrons. The van der Waals surface area contributed by atoms with Crippen molar-refractivity contribution >= 4 is 28.8 Å². The maximum Gasteiger partial charge on any atom is 0.345 e. The molecular weight excluding hydrogens is 320 g/mol. The summed E-state index contributed by atoms with van der Waals surface area (Å²) in [6.45, 7) is 3.12. The summed E-state index contributed by atoms with van der Waals surface area (Å²) < 4.78 is 10.4. The third-order valence-electron chi connectivity index (χ3n) is 2.86. The van der Waals surface area contributed by atoms with E-state index in [1.165, 1.54) is 6.92 Å². The fraction of sp³-hybridized carbons (Fsp3) is 0.438. The van der Waals surface area contributed by atoms with Crippen LogP contribution in [0.4, 0.5) is 0 Å². The molecule has 0 aliphatic heterocycles. The number of hydrogen-bond acceptors (Lipinski definition) is 6. The van der Waals surface area contributed by atoms with Crippen LogP contribution in [0.2, 0.25) is 0 Å². The van der Waals surface area contributed by atoms with E-state index in [1.807, 2.05) is 6.07 Å². The van der Waals surface area contributed by atoms with Crippen LogP contribution in [0.5, 0.6) is 5.75 Å². The van der Waals surface area contributed by atoms with Crippen LogP contribution in [0, 0.1) is 5.92 Å². The standard InChI is InChI=1S/C16H20O6S/c1-11(10-23-12(2)17)16(20)22-14(15(18)19)8-9-21-13-6-4-3-5-7-13/h3-7,11,14H,8-10H2,1-2H3,(H,18,19)/t11-,14?/m1/s1. The summed E-state index contributed by atoms with van der Waals surface area (Å²) in [6, 6.07) is 8.96. The molecule has 0 aromatic heterocycles. The topological polar surface area (TPSA) is 89.9 Å². The first kappa shape index (κ1) is 19.0. The molecule has 0 bridgehead atoms. The molecule has 0 radical (unpaired) electrons. The van der Waals surface area contributed by atoms with E-state index in [9.17, 15) is 14.4 Å². The summed E-state index contributed by atoms with van der Waals surface area (Å²) in [7, 11) is 0. The van der Waals surface area contributed by atoms with Gasteiger partial charge in [0.1, 0.15) is 5.75 Å². The largest absolute Gasteiger partial charge is 0.493 e. The predicted octanol–water partition coefficient (Wildman–Crippen LogP) is 2.37. The first-order chi connectivity index (χ1) is 10.9. The van der Waals surface area contributed by atoms with Crippen LogP contribution in [0.15, 0.2) is 30.3 Å². The molecule has 6 nitrogen and oxygen atoms in total. The normalized spacial score (nSPS) is 13.0. The van der Waals surface area contributed by atoms with Crippen molar-refractivity contribution in [2.75, 3.05) is 12.4 Å². The van der Waals surface area contributed by atoms with Crippen molar-refractivity contribution in [3.8, 4) is 5.75 Å². The summed E-state index contributed by atoms with van der Waals surface area (Å²) in [5.74, 6) is -1.52. The van der Waals surface area contributed by atoms with Crippen molar-refractivity contribution in [3.63, 3.8) is 0 Å². The molecule has 0 aliphatic carbocycles. The molecule has 0 heterocycles. The molecular formula is C16H20O6S. The number of para-hydroxylation sites is 1. The van der Waals surface area contributed by atoms with Crippen molar-refractivity contribution in [2.45, 2.75) is 26.4 Å². The van der Waals surface area contributed by atoms with E-state index in [1.54, 1.807) is 31.2 Å². The highest BCUT2D eigenvalue weighted by atomic mass is 32.2. The van der Waals surface area contributed by atoms with E-state index in [2.05, 4.69) is 0 Å². The number of carbonyl (C=O) groups is 3. The number of esters is 1. The lowest BCUT2D eigenvalue weighted by Gasteiger charge is -2.17. The highest BCUT2D eigenvalue weighted by Gasteiger charge is 2.25. The highest BCUT2D eigenvalue weighted by Crippen LogP contribution is 2.14. The van der Waals surface area contributed by atoms with Crippen LogP contribution < -0.4 is 4.74 Å². The molecule has 0 fully saturated rings. The Morgan fingerprint density at radius 3 is 2.43 bits per heavy atom. The Labute approximate surface area is 139 Å². The Hall–Kier alpha value is -2.02. The van der Waals surface area contributed by atoms with E-state index < -0.39 is 24.0 Å². The average Bonchev–Trinajstić information content (AvgIpc) is 2.52. The second-order valence-electron chi connectivity index (χ2n) is 4.92. The van der Waals surface area contributed by atoms with E-state index in [0.717, 1.165) is 11.8 Å². The lowest BCUT2D eigenvalue weighted by molar-refractivity contribution is -0.166. The molecule has 7 heteroatoms. The van der Waals surface area contributed by atoms with Crippen molar-refractivity contribution in [2.24, 2.45) is 5.92 Å². The van der Waals surface area contributed by atoms with Gasteiger partial charge in [0.25, 0.3) is 0 Å². The minimum Gasteiger partial charge on any atom is -0.493 e. The fourth-order valence-corrected chi connectivity index (χ4v) is 2.22. The van der Waals surface area contributed by atoms with Crippen molar-refractivity contribution in [1.82, 2.24) is 0 Å². The fourth-order valence-electron chi connectivity index (χ4n) is 1.60. The minimum atomic E-state index is -1.27. The average molecular weight is 340 g/mol. The third-order valence-corrected chi connectivity index (χ3v) is 3.94. The number of aliphatic carboxylic acids is 1. The molecule has 1 aromatic carbocycles. The van der Waals surface area contributed by atoms with Crippen LogP contribution in [0.3, 0.4) is 0 Å². The van der Waals surface area contributed by atoms with Gasteiger partial charge in [-0.2, -0.15) is 0 Å². The Bertz CT molecular complexity index is 531. The van der Waals surface area contributed by atoms with Crippen LogP contribution in [-0.2, 0) is 19.1 Å². The third kappa shape index (κ3) is 7.69. The van der Waals surface area contributed by atoms with E-state index in [0.29, 0.717) is 5.75 Å². The first-order valence-electron chi connectivity index (χ1n) is 7.14. The number of rotatable bonds is 9. The van der Waals surface area contributed by atoms with Crippen molar-refractivity contribution < 1.29 is 29.0 Å². The monoisotopic (exact) mass is 340 g/mol. The number of ether oxygens (including phenoxy) is 2. The van der Waals surface area contributed by atoms with Gasteiger partial charge in [0.15, 0.2) is 5.12 Å². The number of hydrogen-bond donors (Lipinski definition) is 1. The van der Waals surface area contributed by atoms with Gasteiger partial charge in [-0.25, -0.2) is 4.79 Å². The molecule has 2 atom stereocenters. The number of carboxylic acids is 1. The SMILES string of the molecule is CC(=O)SC[C@@H](C)C(=O)OC(CCOc1ccccc1)C(=O)O. The van der Waals surface area contributed by atoms with E-state index >= 15 is 0 Å². The van der Waals surface area contributed by atoms with Gasteiger partial charge in [-0.1, -0.05) is 36.9 Å². The number of carboxylic acid groups (broad SMARTS) is 1. The Balaban J connectivity index is 2.43. The lowest BCUT2D eigenvalue weighted by Crippen LogP contribution is -2.31. The zero-order valence-corrected chi connectivity index (χ0v) is 13.9. The second-order valence-corrected chi connectivity index (χ2v) is 6.11. The van der Waals surface area contributed by atoms with Gasteiger partial charge in [-0.3, -0.25) is 9.59 Å². The number of carbonyl (C=O) groups excluding carboxylic acids is 2. The summed E-state index contributed by atoms with van der Waals surface area (Å²) in [5.41, 5.74) is 0. The molecule has 0 aliphatic rings. The molecule has 0 amide bonds. The number of benzene rings is 1. The van der Waals surface area contributed by atoms with Gasteiger partial charge in [0.05, 0.1) is 12.5 Å². The molecule has 0 spiro atoms. The van der Waals surface area contributed by atoms with Crippen LogP contribution >= 0.6 is 11.8 Å². The van der Waals surface area contributed by atoms with Gasteiger partial charge >= 0.3 is 11.9 Å². The van der Waals surface area contributed by atoms with Gasteiger partial charge in [0, 0.05) is 19.1 Å². The van der Waals surface area contributed by atoms with Crippen molar-refractivity contribution in [3.05, 3.63) is 30.3 Å².